The van der Waals surface area contributed by atoms with E-state index < -0.39 is 18.2 Å². The van der Waals surface area contributed by atoms with Gasteiger partial charge in [0.05, 0.1) is 0 Å². The maximum Gasteiger partial charge on any atom is 0.422 e. The van der Waals surface area contributed by atoms with E-state index in [-0.39, 0.29) is 17.6 Å². The van der Waals surface area contributed by atoms with Crippen LogP contribution in [0.15, 0.2) is 24.3 Å². The van der Waals surface area contributed by atoms with Gasteiger partial charge in [0.2, 0.25) is 5.91 Å². The average Bonchev–Trinajstić information content (AvgIpc) is 2.58. The lowest BCUT2D eigenvalue weighted by molar-refractivity contribution is -0.153. The first-order chi connectivity index (χ1) is 12.0. The lowest BCUT2D eigenvalue weighted by Gasteiger charge is -2.37. The monoisotopic (exact) mass is 372 g/mol. The summed E-state index contributed by atoms with van der Waals surface area (Å²) in [5.41, 5.74) is -0.0849. The normalized spacial score (nSPS) is 15.8. The summed E-state index contributed by atoms with van der Waals surface area (Å²) in [5, 5.41) is 0. The van der Waals surface area contributed by atoms with Crippen LogP contribution in [0, 0.1) is 5.41 Å². The molecule has 26 heavy (non-hydrogen) atoms. The smallest absolute Gasteiger partial charge is 0.422 e. The van der Waals surface area contributed by atoms with Gasteiger partial charge in [-0.15, -0.1) is 0 Å². The zero-order valence-corrected chi connectivity index (χ0v) is 15.1. The Hall–Kier alpha value is -2.25. The van der Waals surface area contributed by atoms with Crippen LogP contribution >= 0.6 is 0 Å². The van der Waals surface area contributed by atoms with Gasteiger partial charge in [0, 0.05) is 37.2 Å². The molecular weight excluding hydrogens is 349 g/mol. The molecule has 1 aliphatic heterocycles. The third-order valence-electron chi connectivity index (χ3n) is 4.00. The Labute approximate surface area is 150 Å². The highest BCUT2D eigenvalue weighted by atomic mass is 19.4. The molecule has 0 N–H and O–H groups in total. The highest BCUT2D eigenvalue weighted by molar-refractivity contribution is 5.94. The predicted molar refractivity (Wildman–Crippen MR) is 89.9 cm³/mol. The quantitative estimate of drug-likeness (QED) is 0.820. The summed E-state index contributed by atoms with van der Waals surface area (Å²) in [6.45, 7) is 5.98. The number of amides is 2. The minimum atomic E-state index is -4.40. The molecule has 144 valence electrons. The summed E-state index contributed by atoms with van der Waals surface area (Å²) in [6.07, 6.45) is -4.40. The molecule has 1 fully saturated rings. The first-order valence-corrected chi connectivity index (χ1v) is 8.36. The summed E-state index contributed by atoms with van der Waals surface area (Å²) in [7, 11) is 0. The second-order valence-electron chi connectivity index (χ2n) is 7.26. The summed E-state index contributed by atoms with van der Waals surface area (Å²) in [4.78, 5) is 28.2. The maximum absolute atomic E-state index is 12.5. The number of rotatable bonds is 3. The standard InChI is InChI=1S/C18H23F3N2O3/c1-17(2,3)16(25)23-10-8-22(9-11-23)15(24)13-4-6-14(7-5-13)26-12-18(19,20)21/h4-7H,8-12H2,1-3H3. The number of hydrogen-bond acceptors (Lipinski definition) is 3. The van der Waals surface area contributed by atoms with Crippen LogP contribution in [0.5, 0.6) is 5.75 Å². The Morgan fingerprint density at radius 2 is 1.46 bits per heavy atom. The summed E-state index contributed by atoms with van der Waals surface area (Å²) < 4.78 is 41.0. The molecule has 0 aromatic heterocycles. The first-order valence-electron chi connectivity index (χ1n) is 8.36. The second kappa shape index (κ2) is 7.55. The number of piperazine rings is 1. The summed E-state index contributed by atoms with van der Waals surface area (Å²) in [5.74, 6) is -0.106. The van der Waals surface area contributed by atoms with E-state index in [0.29, 0.717) is 31.7 Å². The van der Waals surface area contributed by atoms with Crippen LogP contribution in [0.1, 0.15) is 31.1 Å². The van der Waals surface area contributed by atoms with Gasteiger partial charge in [0.1, 0.15) is 5.75 Å². The zero-order chi connectivity index (χ0) is 19.5. The SMILES string of the molecule is CC(C)(C)C(=O)N1CCN(C(=O)c2ccc(OCC(F)(F)F)cc2)CC1. The topological polar surface area (TPSA) is 49.9 Å². The Morgan fingerprint density at radius 1 is 0.962 bits per heavy atom. The van der Waals surface area contributed by atoms with Gasteiger partial charge >= 0.3 is 6.18 Å². The van der Waals surface area contributed by atoms with Crippen molar-refractivity contribution in [3.8, 4) is 5.75 Å². The van der Waals surface area contributed by atoms with Gasteiger partial charge in [-0.1, -0.05) is 20.8 Å². The Kier molecular flexibility index (Phi) is 5.83. The highest BCUT2D eigenvalue weighted by Crippen LogP contribution is 2.21. The number of ether oxygens (including phenoxy) is 1. The third kappa shape index (κ3) is 5.37. The number of carbonyl (C=O) groups excluding carboxylic acids is 2. The highest BCUT2D eigenvalue weighted by Gasteiger charge is 2.31. The van der Waals surface area contributed by atoms with Crippen molar-refractivity contribution in [3.63, 3.8) is 0 Å². The maximum atomic E-state index is 12.5. The van der Waals surface area contributed by atoms with E-state index in [1.54, 1.807) is 9.80 Å². The van der Waals surface area contributed by atoms with Gasteiger partial charge in [0.15, 0.2) is 6.61 Å². The molecule has 0 unspecified atom stereocenters. The van der Waals surface area contributed by atoms with Crippen molar-refractivity contribution in [3.05, 3.63) is 29.8 Å². The molecule has 5 nitrogen and oxygen atoms in total. The molecule has 0 bridgehead atoms. The van der Waals surface area contributed by atoms with Crippen LogP contribution in [0.2, 0.25) is 0 Å². The number of nitrogens with zero attached hydrogens (tertiary/aromatic N) is 2. The van der Waals surface area contributed by atoms with Crippen LogP contribution in [-0.2, 0) is 4.79 Å². The van der Waals surface area contributed by atoms with E-state index in [2.05, 4.69) is 4.74 Å². The zero-order valence-electron chi connectivity index (χ0n) is 15.1. The molecular formula is C18H23F3N2O3. The fourth-order valence-corrected chi connectivity index (χ4v) is 2.63. The van der Waals surface area contributed by atoms with Crippen LogP contribution in [0.3, 0.4) is 0 Å². The fourth-order valence-electron chi connectivity index (χ4n) is 2.63. The molecule has 0 saturated carbocycles. The Bertz CT molecular complexity index is 643. The van der Waals surface area contributed by atoms with E-state index in [0.717, 1.165) is 0 Å². The van der Waals surface area contributed by atoms with E-state index in [1.807, 2.05) is 20.8 Å². The van der Waals surface area contributed by atoms with Gasteiger partial charge in [0.25, 0.3) is 5.91 Å². The number of carbonyl (C=O) groups is 2. The van der Waals surface area contributed by atoms with Gasteiger partial charge in [-0.05, 0) is 24.3 Å². The molecule has 1 aromatic rings. The molecule has 0 spiro atoms. The lowest BCUT2D eigenvalue weighted by Crippen LogP contribution is -2.53. The molecule has 1 heterocycles. The van der Waals surface area contributed by atoms with Crippen LogP contribution < -0.4 is 4.74 Å². The molecule has 2 amide bonds. The van der Waals surface area contributed by atoms with Crippen molar-refractivity contribution in [1.29, 1.82) is 0 Å². The molecule has 1 aliphatic rings. The average molecular weight is 372 g/mol. The Morgan fingerprint density at radius 3 is 1.92 bits per heavy atom. The van der Waals surface area contributed by atoms with Gasteiger partial charge in [-0.2, -0.15) is 13.2 Å². The van der Waals surface area contributed by atoms with Crippen LogP contribution in [0.4, 0.5) is 13.2 Å². The molecule has 8 heteroatoms. The van der Waals surface area contributed by atoms with Crippen molar-refractivity contribution in [2.75, 3.05) is 32.8 Å². The van der Waals surface area contributed by atoms with Crippen molar-refractivity contribution in [2.24, 2.45) is 5.41 Å². The van der Waals surface area contributed by atoms with Gasteiger partial charge < -0.3 is 14.5 Å². The molecule has 2 rings (SSSR count). The fraction of sp³-hybridized carbons (Fsp3) is 0.556. The van der Waals surface area contributed by atoms with E-state index in [4.69, 9.17) is 0 Å². The number of hydrogen-bond donors (Lipinski definition) is 0. The summed E-state index contributed by atoms with van der Waals surface area (Å²) >= 11 is 0. The third-order valence-corrected chi connectivity index (χ3v) is 4.00. The van der Waals surface area contributed by atoms with Crippen molar-refractivity contribution in [1.82, 2.24) is 9.80 Å². The van der Waals surface area contributed by atoms with Crippen molar-refractivity contribution < 1.29 is 27.5 Å². The molecule has 0 atom stereocenters. The number of benzene rings is 1. The van der Waals surface area contributed by atoms with Crippen molar-refractivity contribution >= 4 is 11.8 Å². The minimum Gasteiger partial charge on any atom is -0.484 e. The molecule has 1 aromatic carbocycles. The van der Waals surface area contributed by atoms with Gasteiger partial charge in [-0.25, -0.2) is 0 Å². The molecule has 0 radical (unpaired) electrons. The second-order valence-corrected chi connectivity index (χ2v) is 7.26. The van der Waals surface area contributed by atoms with Crippen LogP contribution in [-0.4, -0.2) is 60.6 Å². The molecule has 1 saturated heterocycles. The van der Waals surface area contributed by atoms with E-state index in [9.17, 15) is 22.8 Å². The summed E-state index contributed by atoms with van der Waals surface area (Å²) in [6, 6.07) is 5.58. The van der Waals surface area contributed by atoms with E-state index >= 15 is 0 Å². The van der Waals surface area contributed by atoms with Gasteiger partial charge in [-0.3, -0.25) is 9.59 Å². The number of halogens is 3. The first kappa shape index (κ1) is 20.1. The molecule has 0 aliphatic carbocycles. The number of alkyl halides is 3. The van der Waals surface area contributed by atoms with E-state index in [1.165, 1.54) is 24.3 Å². The predicted octanol–water partition coefficient (Wildman–Crippen LogP) is 2.96. The minimum absolute atomic E-state index is 0.0516. The van der Waals surface area contributed by atoms with Crippen LogP contribution in [0.25, 0.3) is 0 Å². The lowest BCUT2D eigenvalue weighted by atomic mass is 9.94. The largest absolute Gasteiger partial charge is 0.484 e. The Balaban J connectivity index is 1.91. The van der Waals surface area contributed by atoms with Crippen molar-refractivity contribution in [2.45, 2.75) is 26.9 Å².